The third-order valence-corrected chi connectivity index (χ3v) is 10.5. The second kappa shape index (κ2) is 12.1. The Hall–Kier alpha value is -3.61. The highest BCUT2D eigenvalue weighted by Crippen LogP contribution is 2.46. The van der Waals surface area contributed by atoms with Gasteiger partial charge < -0.3 is 10.1 Å². The molecule has 5 nitrogen and oxygen atoms in total. The maximum absolute atomic E-state index is 14.4. The number of ketones is 1. The molecule has 3 aromatic rings. The maximum Gasteiger partial charge on any atom is 0.408 e. The van der Waals surface area contributed by atoms with Gasteiger partial charge in [-0.05, 0) is 49.5 Å². The van der Waals surface area contributed by atoms with Crippen molar-refractivity contribution in [3.8, 4) is 6.07 Å². The van der Waals surface area contributed by atoms with E-state index in [1.54, 1.807) is 20.8 Å². The Kier molecular flexibility index (Phi) is 9.14. The van der Waals surface area contributed by atoms with E-state index in [1.165, 1.54) is 0 Å². The van der Waals surface area contributed by atoms with E-state index in [-0.39, 0.29) is 17.0 Å². The fourth-order valence-electron chi connectivity index (χ4n) is 4.37. The Morgan fingerprint density at radius 1 is 0.865 bits per heavy atom. The summed E-state index contributed by atoms with van der Waals surface area (Å²) in [5.41, 5.74) is -0.718. The number of ether oxygens (including phenoxy) is 1. The normalized spacial score (nSPS) is 13.1. The Bertz CT molecular complexity index is 1200. The van der Waals surface area contributed by atoms with Gasteiger partial charge in [-0.3, -0.25) is 4.79 Å². The molecular formula is C31H35N2O3P. The molecule has 0 saturated carbocycles. The molecule has 0 unspecified atom stereocenters. The van der Waals surface area contributed by atoms with E-state index in [9.17, 15) is 14.9 Å². The van der Waals surface area contributed by atoms with Gasteiger partial charge in [0.05, 0.1) is 6.04 Å². The Balaban J connectivity index is 2.39. The second-order valence-corrected chi connectivity index (χ2v) is 13.3. The molecule has 0 heterocycles. The lowest BCUT2D eigenvalue weighted by molar-refractivity contribution is -0.115. The molecule has 0 spiro atoms. The number of carbonyl (C=O) groups is 2. The number of rotatable bonds is 8. The lowest BCUT2D eigenvalue weighted by Crippen LogP contribution is -2.50. The number of nitrogens with one attached hydrogen (secondary N) is 1. The topological polar surface area (TPSA) is 79.2 Å². The first-order valence-corrected chi connectivity index (χ1v) is 14.3. The average Bonchev–Trinajstić information content (AvgIpc) is 2.90. The van der Waals surface area contributed by atoms with Crippen LogP contribution in [0.3, 0.4) is 0 Å². The summed E-state index contributed by atoms with van der Waals surface area (Å²) >= 11 is 0. The van der Waals surface area contributed by atoms with Crippen molar-refractivity contribution in [2.45, 2.75) is 52.7 Å². The monoisotopic (exact) mass is 514 g/mol. The minimum absolute atomic E-state index is 0.150. The Morgan fingerprint density at radius 2 is 1.27 bits per heavy atom. The largest absolute Gasteiger partial charge is 0.444 e. The molecule has 0 bridgehead atoms. The first-order chi connectivity index (χ1) is 17.6. The highest BCUT2D eigenvalue weighted by atomic mass is 31.2. The number of nitrogens with zero attached hydrogens (tertiary/aromatic N) is 1. The van der Waals surface area contributed by atoms with Gasteiger partial charge in [0.2, 0.25) is 0 Å². The van der Waals surface area contributed by atoms with E-state index in [0.29, 0.717) is 6.42 Å². The van der Waals surface area contributed by atoms with Crippen molar-refractivity contribution < 1.29 is 14.3 Å². The van der Waals surface area contributed by atoms with Gasteiger partial charge >= 0.3 is 6.09 Å². The number of hydrogen-bond donors (Lipinski definition) is 1. The van der Waals surface area contributed by atoms with Gasteiger partial charge in [-0.1, -0.05) is 111 Å². The van der Waals surface area contributed by atoms with Crippen LogP contribution in [0.25, 0.3) is 0 Å². The number of nitriles is 1. The number of carbonyl (C=O) groups excluding carboxylic acids is 2. The lowest BCUT2D eigenvalue weighted by atomic mass is 9.94. The standard InChI is InChI=1S/C31H35N2O3P/c1-6-23(2)28(33-30(35)36-31(3,4)5)29(34)27(22-32)37(24-16-10-7-11-17-24,25-18-12-8-13-19-25)26-20-14-9-15-21-26/h7-21,23,28H,6H2,1-5H3,(H,33,35)/t23-,28-/m0/s1. The first kappa shape index (κ1) is 28.0. The molecule has 3 rings (SSSR count). The van der Waals surface area contributed by atoms with Crippen LogP contribution in [-0.2, 0) is 9.53 Å². The highest BCUT2D eigenvalue weighted by Gasteiger charge is 2.38. The van der Waals surface area contributed by atoms with Crippen LogP contribution in [0, 0.1) is 17.2 Å². The van der Waals surface area contributed by atoms with Crippen molar-refractivity contribution in [3.05, 3.63) is 91.0 Å². The summed E-state index contributed by atoms with van der Waals surface area (Å²) in [6, 6.07) is 30.7. The zero-order valence-corrected chi connectivity index (χ0v) is 23.0. The zero-order chi connectivity index (χ0) is 27.1. The number of hydrogen-bond acceptors (Lipinski definition) is 4. The van der Waals surface area contributed by atoms with Gasteiger partial charge in [0.25, 0.3) is 0 Å². The molecule has 0 fully saturated rings. The summed E-state index contributed by atoms with van der Waals surface area (Å²) in [4.78, 5) is 27.2. The summed E-state index contributed by atoms with van der Waals surface area (Å²) < 4.78 is 5.48. The highest BCUT2D eigenvalue weighted by molar-refractivity contribution is 7.97. The van der Waals surface area contributed by atoms with Crippen LogP contribution in [0.1, 0.15) is 41.0 Å². The van der Waals surface area contributed by atoms with E-state index in [2.05, 4.69) is 11.4 Å². The van der Waals surface area contributed by atoms with Crippen LogP contribution >= 0.6 is 6.89 Å². The Morgan fingerprint density at radius 3 is 1.59 bits per heavy atom. The predicted molar refractivity (Wildman–Crippen MR) is 153 cm³/mol. The molecular weight excluding hydrogens is 479 g/mol. The molecule has 0 saturated heterocycles. The number of alkyl carbamates (subject to hydrolysis) is 1. The second-order valence-electron chi connectivity index (χ2n) is 10.0. The molecule has 0 aromatic heterocycles. The van der Waals surface area contributed by atoms with Gasteiger partial charge in [0.1, 0.15) is 17.0 Å². The summed E-state index contributed by atoms with van der Waals surface area (Å²) in [7, 11) is 0. The van der Waals surface area contributed by atoms with E-state index < -0.39 is 24.6 Å². The van der Waals surface area contributed by atoms with Crippen LogP contribution < -0.4 is 21.2 Å². The molecule has 2 atom stereocenters. The third-order valence-electron chi connectivity index (χ3n) is 6.27. The fraction of sp³-hybridized carbons (Fsp3) is 0.290. The van der Waals surface area contributed by atoms with Crippen molar-refractivity contribution in [1.29, 1.82) is 5.26 Å². The van der Waals surface area contributed by atoms with E-state index in [0.717, 1.165) is 15.9 Å². The summed E-state index contributed by atoms with van der Waals surface area (Å²) in [5.74, 6) is -0.597. The number of Topliss-reactive ketones (excluding diaryl/α,β-unsaturated/α-hetero) is 1. The molecule has 6 heteroatoms. The SMILES string of the molecule is CC[C@H](C)[C@H](NC(=O)OC(C)(C)C)C(=O)C(C#N)=P(c1ccccc1)(c1ccccc1)c1ccccc1. The maximum atomic E-state index is 14.4. The summed E-state index contributed by atoms with van der Waals surface area (Å²) in [6.45, 7) is 6.29. The molecule has 0 aliphatic carbocycles. The van der Waals surface area contributed by atoms with Gasteiger partial charge in [-0.2, -0.15) is 5.26 Å². The minimum Gasteiger partial charge on any atom is -0.444 e. The lowest BCUT2D eigenvalue weighted by Gasteiger charge is -2.32. The molecule has 1 N–H and O–H groups in total. The van der Waals surface area contributed by atoms with E-state index >= 15 is 0 Å². The van der Waals surface area contributed by atoms with Crippen molar-refractivity contribution in [3.63, 3.8) is 0 Å². The van der Waals surface area contributed by atoms with E-state index in [4.69, 9.17) is 4.74 Å². The average molecular weight is 515 g/mol. The summed E-state index contributed by atoms with van der Waals surface area (Å²) in [6.07, 6.45) is -0.0373. The molecule has 192 valence electrons. The zero-order valence-electron chi connectivity index (χ0n) is 22.1. The van der Waals surface area contributed by atoms with Gasteiger partial charge in [-0.15, -0.1) is 0 Å². The van der Waals surface area contributed by atoms with Crippen LogP contribution in [-0.4, -0.2) is 28.8 Å². The number of benzene rings is 3. The van der Waals surface area contributed by atoms with Crippen molar-refractivity contribution >= 4 is 40.0 Å². The van der Waals surface area contributed by atoms with Crippen LogP contribution in [0.2, 0.25) is 0 Å². The third kappa shape index (κ3) is 6.21. The molecule has 37 heavy (non-hydrogen) atoms. The van der Waals surface area contributed by atoms with Gasteiger partial charge in [0, 0.05) is 0 Å². The molecule has 3 aromatic carbocycles. The van der Waals surface area contributed by atoms with Gasteiger partial charge in [0.15, 0.2) is 5.78 Å². The Labute approximate surface area is 220 Å². The van der Waals surface area contributed by atoms with Crippen molar-refractivity contribution in [2.75, 3.05) is 0 Å². The van der Waals surface area contributed by atoms with Crippen molar-refractivity contribution in [2.24, 2.45) is 5.92 Å². The molecule has 0 aliphatic heterocycles. The molecule has 1 amide bonds. The van der Waals surface area contributed by atoms with E-state index in [1.807, 2.05) is 105 Å². The molecule has 0 radical (unpaired) electrons. The minimum atomic E-state index is -2.89. The van der Waals surface area contributed by atoms with Crippen LogP contribution in [0.5, 0.6) is 0 Å². The molecule has 0 aliphatic rings. The predicted octanol–water partition coefficient (Wildman–Crippen LogP) is 5.18. The smallest absolute Gasteiger partial charge is 0.408 e. The quantitative estimate of drug-likeness (QED) is 0.420. The first-order valence-electron chi connectivity index (χ1n) is 12.5. The van der Waals surface area contributed by atoms with Gasteiger partial charge in [-0.25, -0.2) is 4.79 Å². The fourth-order valence-corrected chi connectivity index (χ4v) is 8.52. The van der Waals surface area contributed by atoms with Crippen LogP contribution in [0.15, 0.2) is 91.0 Å². The number of amides is 1. The summed E-state index contributed by atoms with van der Waals surface area (Å²) in [5, 5.41) is 16.4. The van der Waals surface area contributed by atoms with Crippen molar-refractivity contribution in [1.82, 2.24) is 5.32 Å². The van der Waals surface area contributed by atoms with Crippen LogP contribution in [0.4, 0.5) is 4.79 Å².